The normalized spacial score (nSPS) is 11.1. The summed E-state index contributed by atoms with van der Waals surface area (Å²) in [6.45, 7) is 0. The SMILES string of the molecule is Nc1cc(Cc2ccc(-n3cccn3)cc2)c2n[nH]nc2n1. The summed E-state index contributed by atoms with van der Waals surface area (Å²) in [6, 6.07) is 11.9. The molecule has 7 nitrogen and oxygen atoms in total. The Labute approximate surface area is 125 Å². The molecule has 22 heavy (non-hydrogen) atoms. The van der Waals surface area contributed by atoms with Gasteiger partial charge in [-0.3, -0.25) is 0 Å². The van der Waals surface area contributed by atoms with Crippen molar-refractivity contribution in [2.45, 2.75) is 6.42 Å². The molecule has 0 aliphatic carbocycles. The number of aromatic amines is 1. The molecular weight excluding hydrogens is 278 g/mol. The topological polar surface area (TPSA) is 98.3 Å². The summed E-state index contributed by atoms with van der Waals surface area (Å²) in [4.78, 5) is 4.15. The first-order valence-corrected chi connectivity index (χ1v) is 6.84. The lowest BCUT2D eigenvalue weighted by Gasteiger charge is -2.06. The third-order valence-electron chi connectivity index (χ3n) is 3.49. The van der Waals surface area contributed by atoms with Gasteiger partial charge in [-0.2, -0.15) is 15.4 Å². The van der Waals surface area contributed by atoms with Crippen LogP contribution < -0.4 is 5.73 Å². The Morgan fingerprint density at radius 1 is 1.14 bits per heavy atom. The minimum Gasteiger partial charge on any atom is -0.384 e. The van der Waals surface area contributed by atoms with Crippen LogP contribution in [0.1, 0.15) is 11.1 Å². The smallest absolute Gasteiger partial charge is 0.203 e. The lowest BCUT2D eigenvalue weighted by atomic mass is 10.0. The molecule has 0 amide bonds. The van der Waals surface area contributed by atoms with Crippen molar-refractivity contribution in [1.82, 2.24) is 30.2 Å². The van der Waals surface area contributed by atoms with Crippen molar-refractivity contribution in [2.24, 2.45) is 0 Å². The number of fused-ring (bicyclic) bond motifs is 1. The van der Waals surface area contributed by atoms with E-state index in [4.69, 9.17) is 5.73 Å². The lowest BCUT2D eigenvalue weighted by molar-refractivity contribution is 0.879. The summed E-state index contributed by atoms with van der Waals surface area (Å²) in [7, 11) is 0. The van der Waals surface area contributed by atoms with Crippen LogP contribution in [0.25, 0.3) is 16.9 Å². The molecule has 0 aliphatic rings. The summed E-state index contributed by atoms with van der Waals surface area (Å²) in [5, 5.41) is 14.9. The largest absolute Gasteiger partial charge is 0.384 e. The van der Waals surface area contributed by atoms with E-state index in [0.29, 0.717) is 11.5 Å². The fourth-order valence-electron chi connectivity index (χ4n) is 2.46. The van der Waals surface area contributed by atoms with Gasteiger partial charge in [0.1, 0.15) is 11.3 Å². The van der Waals surface area contributed by atoms with Gasteiger partial charge in [0.25, 0.3) is 0 Å². The van der Waals surface area contributed by atoms with E-state index >= 15 is 0 Å². The second kappa shape index (κ2) is 4.96. The first-order chi connectivity index (χ1) is 10.8. The summed E-state index contributed by atoms with van der Waals surface area (Å²) in [5.74, 6) is 0.449. The van der Waals surface area contributed by atoms with Gasteiger partial charge in [0, 0.05) is 12.4 Å². The number of hydrogen-bond donors (Lipinski definition) is 2. The molecular formula is C15H13N7. The molecule has 0 spiro atoms. The number of anilines is 1. The van der Waals surface area contributed by atoms with Gasteiger partial charge < -0.3 is 5.73 Å². The average molecular weight is 291 g/mol. The zero-order chi connectivity index (χ0) is 14.9. The predicted octanol–water partition coefficient (Wildman–Crippen LogP) is 1.71. The number of benzene rings is 1. The Morgan fingerprint density at radius 2 is 2.00 bits per heavy atom. The van der Waals surface area contributed by atoms with Crippen molar-refractivity contribution in [3.05, 3.63) is 59.9 Å². The molecule has 0 unspecified atom stereocenters. The maximum absolute atomic E-state index is 5.82. The highest BCUT2D eigenvalue weighted by molar-refractivity contribution is 5.76. The zero-order valence-corrected chi connectivity index (χ0v) is 11.6. The zero-order valence-electron chi connectivity index (χ0n) is 11.6. The van der Waals surface area contributed by atoms with Gasteiger partial charge >= 0.3 is 0 Å². The average Bonchev–Trinajstić information content (AvgIpc) is 3.18. The van der Waals surface area contributed by atoms with Crippen molar-refractivity contribution < 1.29 is 0 Å². The van der Waals surface area contributed by atoms with Crippen molar-refractivity contribution in [1.29, 1.82) is 0 Å². The van der Waals surface area contributed by atoms with Crippen LogP contribution >= 0.6 is 0 Å². The van der Waals surface area contributed by atoms with E-state index in [9.17, 15) is 0 Å². The van der Waals surface area contributed by atoms with E-state index < -0.39 is 0 Å². The third-order valence-corrected chi connectivity index (χ3v) is 3.49. The van der Waals surface area contributed by atoms with E-state index in [1.165, 1.54) is 0 Å². The van der Waals surface area contributed by atoms with Crippen molar-refractivity contribution in [2.75, 3.05) is 5.73 Å². The Kier molecular flexibility index (Phi) is 2.82. The molecule has 0 saturated heterocycles. The van der Waals surface area contributed by atoms with Crippen molar-refractivity contribution in [3.8, 4) is 5.69 Å². The van der Waals surface area contributed by atoms with Gasteiger partial charge in [0.2, 0.25) is 5.65 Å². The molecule has 4 aromatic rings. The van der Waals surface area contributed by atoms with E-state index in [2.05, 4.69) is 37.6 Å². The van der Waals surface area contributed by atoms with Gasteiger partial charge in [-0.1, -0.05) is 12.1 Å². The van der Waals surface area contributed by atoms with E-state index in [1.807, 2.05) is 35.1 Å². The second-order valence-corrected chi connectivity index (χ2v) is 5.00. The number of aromatic nitrogens is 6. The molecule has 3 heterocycles. The van der Waals surface area contributed by atoms with E-state index in [-0.39, 0.29) is 0 Å². The van der Waals surface area contributed by atoms with Gasteiger partial charge in [-0.25, -0.2) is 9.67 Å². The first kappa shape index (κ1) is 12.5. The Morgan fingerprint density at radius 3 is 2.77 bits per heavy atom. The van der Waals surface area contributed by atoms with Crippen LogP contribution in [0.4, 0.5) is 5.82 Å². The predicted molar refractivity (Wildman–Crippen MR) is 82.5 cm³/mol. The summed E-state index contributed by atoms with van der Waals surface area (Å²) in [6.07, 6.45) is 4.39. The molecule has 0 aliphatic heterocycles. The number of hydrogen-bond acceptors (Lipinski definition) is 5. The summed E-state index contributed by atoms with van der Waals surface area (Å²) >= 11 is 0. The molecule has 3 aromatic heterocycles. The molecule has 0 atom stereocenters. The van der Waals surface area contributed by atoms with Gasteiger partial charge in [-0.05, 0) is 41.8 Å². The molecule has 1 aromatic carbocycles. The minimum atomic E-state index is 0.449. The fraction of sp³-hybridized carbons (Fsp3) is 0.0667. The molecule has 0 saturated carbocycles. The van der Waals surface area contributed by atoms with Crippen LogP contribution in [0, 0.1) is 0 Å². The number of pyridine rings is 1. The molecule has 0 radical (unpaired) electrons. The molecule has 7 heteroatoms. The fourth-order valence-corrected chi connectivity index (χ4v) is 2.46. The van der Waals surface area contributed by atoms with Crippen LogP contribution in [-0.2, 0) is 6.42 Å². The number of nitrogens with one attached hydrogen (secondary N) is 1. The van der Waals surface area contributed by atoms with Gasteiger partial charge in [-0.15, -0.1) is 5.10 Å². The third kappa shape index (κ3) is 2.18. The first-order valence-electron chi connectivity index (χ1n) is 6.84. The van der Waals surface area contributed by atoms with E-state index in [1.54, 1.807) is 6.20 Å². The monoisotopic (exact) mass is 291 g/mol. The maximum Gasteiger partial charge on any atom is 0.203 e. The highest BCUT2D eigenvalue weighted by Gasteiger charge is 2.09. The highest BCUT2D eigenvalue weighted by atomic mass is 15.3. The van der Waals surface area contributed by atoms with Gasteiger partial charge in [0.15, 0.2) is 0 Å². The quantitative estimate of drug-likeness (QED) is 0.598. The van der Waals surface area contributed by atoms with Crippen LogP contribution in [0.3, 0.4) is 0 Å². The van der Waals surface area contributed by atoms with Crippen molar-refractivity contribution in [3.63, 3.8) is 0 Å². The molecule has 3 N–H and O–H groups in total. The summed E-state index contributed by atoms with van der Waals surface area (Å²) in [5.41, 5.74) is 10.3. The van der Waals surface area contributed by atoms with Crippen molar-refractivity contribution >= 4 is 17.0 Å². The highest BCUT2D eigenvalue weighted by Crippen LogP contribution is 2.19. The number of nitrogen functional groups attached to an aromatic ring is 1. The molecule has 108 valence electrons. The number of rotatable bonds is 3. The maximum atomic E-state index is 5.82. The lowest BCUT2D eigenvalue weighted by Crippen LogP contribution is -1.98. The molecule has 0 fully saturated rings. The summed E-state index contributed by atoms with van der Waals surface area (Å²) < 4.78 is 1.82. The standard InChI is InChI=1S/C15H13N7/c16-13-9-11(14-15(18-13)20-21-19-14)8-10-2-4-12(5-3-10)22-7-1-6-17-22/h1-7,9H,8H2,(H3,16,18,19,20,21). The van der Waals surface area contributed by atoms with Crippen LogP contribution in [0.15, 0.2) is 48.8 Å². The van der Waals surface area contributed by atoms with Gasteiger partial charge in [0.05, 0.1) is 5.69 Å². The van der Waals surface area contributed by atoms with Crippen LogP contribution in [-0.4, -0.2) is 30.2 Å². The van der Waals surface area contributed by atoms with Crippen LogP contribution in [0.5, 0.6) is 0 Å². The minimum absolute atomic E-state index is 0.449. The number of nitrogens with zero attached hydrogens (tertiary/aromatic N) is 5. The Hall–Kier alpha value is -3.22. The van der Waals surface area contributed by atoms with E-state index in [0.717, 1.165) is 28.8 Å². The second-order valence-electron chi connectivity index (χ2n) is 5.00. The Balaban J connectivity index is 1.66. The van der Waals surface area contributed by atoms with Crippen LogP contribution in [0.2, 0.25) is 0 Å². The molecule has 4 rings (SSSR count). The number of nitrogens with two attached hydrogens (primary N) is 1. The molecule has 0 bridgehead atoms. The Bertz CT molecular complexity index is 907. The number of H-pyrrole nitrogens is 1.